The maximum Gasteiger partial charge on any atom is 0.191 e. The molecule has 2 N–H and O–H groups in total. The van der Waals surface area contributed by atoms with Crippen LogP contribution in [0.15, 0.2) is 4.99 Å². The van der Waals surface area contributed by atoms with Gasteiger partial charge in [0, 0.05) is 51.4 Å². The summed E-state index contributed by atoms with van der Waals surface area (Å²) in [5, 5.41) is 7.14. The maximum atomic E-state index is 5.58. The number of rotatable bonds is 8. The highest BCUT2D eigenvalue weighted by Crippen LogP contribution is 2.33. The number of hydrogen-bond acceptors (Lipinski definition) is 4. The first-order valence-electron chi connectivity index (χ1n) is 10.6. The predicted molar refractivity (Wildman–Crippen MR) is 125 cm³/mol. The van der Waals surface area contributed by atoms with Crippen molar-refractivity contribution in [2.45, 2.75) is 64.5 Å². The zero-order chi connectivity index (χ0) is 18.8. The third-order valence-electron chi connectivity index (χ3n) is 6.10. The number of nitrogens with zero attached hydrogens (tertiary/aromatic N) is 3. The van der Waals surface area contributed by atoms with E-state index in [4.69, 9.17) is 4.74 Å². The van der Waals surface area contributed by atoms with Crippen LogP contribution in [0.4, 0.5) is 0 Å². The molecule has 2 rings (SSSR count). The molecule has 1 aliphatic heterocycles. The van der Waals surface area contributed by atoms with Crippen molar-refractivity contribution in [2.24, 2.45) is 4.99 Å². The van der Waals surface area contributed by atoms with E-state index >= 15 is 0 Å². The molecule has 2 fully saturated rings. The predicted octanol–water partition coefficient (Wildman–Crippen LogP) is 2.53. The Bertz CT molecular complexity index is 421. The molecule has 160 valence electrons. The van der Waals surface area contributed by atoms with Gasteiger partial charge < -0.3 is 15.4 Å². The molecule has 0 atom stereocenters. The summed E-state index contributed by atoms with van der Waals surface area (Å²) >= 11 is 0. The number of hydrogen-bond donors (Lipinski definition) is 2. The summed E-state index contributed by atoms with van der Waals surface area (Å²) in [7, 11) is 1.87. The lowest BCUT2D eigenvalue weighted by molar-refractivity contribution is -0.0352. The Hall–Kier alpha value is -0.120. The molecular weight excluding hydrogens is 453 g/mol. The number of morpholine rings is 1. The van der Waals surface area contributed by atoms with Crippen LogP contribution in [0.1, 0.15) is 52.9 Å². The third kappa shape index (κ3) is 7.66. The third-order valence-corrected chi connectivity index (χ3v) is 6.10. The molecule has 0 bridgehead atoms. The van der Waals surface area contributed by atoms with E-state index in [0.29, 0.717) is 6.04 Å². The first kappa shape index (κ1) is 24.9. The highest BCUT2D eigenvalue weighted by atomic mass is 127. The van der Waals surface area contributed by atoms with Crippen molar-refractivity contribution < 1.29 is 4.74 Å². The van der Waals surface area contributed by atoms with E-state index in [2.05, 4.69) is 46.2 Å². The average Bonchev–Trinajstić information content (AvgIpc) is 2.68. The van der Waals surface area contributed by atoms with Crippen molar-refractivity contribution in [3.63, 3.8) is 0 Å². The van der Waals surface area contributed by atoms with Crippen LogP contribution in [-0.4, -0.2) is 86.9 Å². The highest BCUT2D eigenvalue weighted by Gasteiger charge is 2.38. The molecule has 7 heteroatoms. The SMILES string of the molecule is CCN(CCNC(=NC)NCC1(N2CCOCC2)CCCCC1)C(C)C.I. The van der Waals surface area contributed by atoms with E-state index in [9.17, 15) is 0 Å². The van der Waals surface area contributed by atoms with E-state index in [1.54, 1.807) is 0 Å². The van der Waals surface area contributed by atoms with E-state index in [1.807, 2.05) is 7.05 Å². The summed E-state index contributed by atoms with van der Waals surface area (Å²) in [6.07, 6.45) is 6.62. The largest absolute Gasteiger partial charge is 0.379 e. The van der Waals surface area contributed by atoms with E-state index in [1.165, 1.54) is 32.1 Å². The number of ether oxygens (including phenoxy) is 1. The molecule has 0 aromatic carbocycles. The molecular formula is C20H42IN5O. The first-order chi connectivity index (χ1) is 12.6. The van der Waals surface area contributed by atoms with Gasteiger partial charge in [0.05, 0.1) is 13.2 Å². The Morgan fingerprint density at radius 2 is 1.81 bits per heavy atom. The molecule has 0 aromatic rings. The Morgan fingerprint density at radius 1 is 1.15 bits per heavy atom. The summed E-state index contributed by atoms with van der Waals surface area (Å²) < 4.78 is 5.58. The fourth-order valence-corrected chi connectivity index (χ4v) is 4.42. The van der Waals surface area contributed by atoms with Gasteiger partial charge in [0.1, 0.15) is 0 Å². The smallest absolute Gasteiger partial charge is 0.191 e. The van der Waals surface area contributed by atoms with Gasteiger partial charge >= 0.3 is 0 Å². The van der Waals surface area contributed by atoms with Crippen molar-refractivity contribution in [2.75, 3.05) is 59.5 Å². The number of likely N-dealkylation sites (N-methyl/N-ethyl adjacent to an activating group) is 1. The minimum absolute atomic E-state index is 0. The minimum Gasteiger partial charge on any atom is -0.379 e. The molecule has 0 aromatic heterocycles. The Balaban J connectivity index is 0.00000364. The summed E-state index contributed by atoms with van der Waals surface area (Å²) in [5.74, 6) is 0.933. The number of nitrogens with one attached hydrogen (secondary N) is 2. The van der Waals surface area contributed by atoms with Crippen molar-refractivity contribution in [1.29, 1.82) is 0 Å². The van der Waals surface area contributed by atoms with Gasteiger partial charge in [0.25, 0.3) is 0 Å². The van der Waals surface area contributed by atoms with Crippen LogP contribution in [-0.2, 0) is 4.74 Å². The van der Waals surface area contributed by atoms with Crippen LogP contribution in [0.3, 0.4) is 0 Å². The fraction of sp³-hybridized carbons (Fsp3) is 0.950. The molecule has 6 nitrogen and oxygen atoms in total. The minimum atomic E-state index is 0. The molecule has 0 radical (unpaired) electrons. The van der Waals surface area contributed by atoms with Gasteiger partial charge in [-0.3, -0.25) is 14.8 Å². The average molecular weight is 495 g/mol. The zero-order valence-electron chi connectivity index (χ0n) is 17.9. The second kappa shape index (κ2) is 13.2. The van der Waals surface area contributed by atoms with E-state index in [0.717, 1.165) is 58.4 Å². The summed E-state index contributed by atoms with van der Waals surface area (Å²) in [5.41, 5.74) is 0.271. The molecule has 0 unspecified atom stereocenters. The van der Waals surface area contributed by atoms with E-state index in [-0.39, 0.29) is 29.5 Å². The summed E-state index contributed by atoms with van der Waals surface area (Å²) in [6.45, 7) is 14.6. The van der Waals surface area contributed by atoms with Crippen LogP contribution in [0.2, 0.25) is 0 Å². The fourth-order valence-electron chi connectivity index (χ4n) is 4.42. The van der Waals surface area contributed by atoms with Gasteiger partial charge in [0.2, 0.25) is 0 Å². The molecule has 1 saturated heterocycles. The standard InChI is InChI=1S/C20H41N5O.HI/c1-5-24(18(2)3)12-11-22-19(21-4)23-17-20(9-7-6-8-10-20)25-13-15-26-16-14-25;/h18H,5-17H2,1-4H3,(H2,21,22,23);1H. The second-order valence-electron chi connectivity index (χ2n) is 7.96. The monoisotopic (exact) mass is 495 g/mol. The Morgan fingerprint density at radius 3 is 2.37 bits per heavy atom. The van der Waals surface area contributed by atoms with Gasteiger partial charge in [-0.05, 0) is 33.2 Å². The topological polar surface area (TPSA) is 52.1 Å². The zero-order valence-corrected chi connectivity index (χ0v) is 20.3. The quantitative estimate of drug-likeness (QED) is 0.308. The number of guanidine groups is 1. The van der Waals surface area contributed by atoms with Gasteiger partial charge in [0.15, 0.2) is 5.96 Å². The van der Waals surface area contributed by atoms with Crippen LogP contribution < -0.4 is 10.6 Å². The van der Waals surface area contributed by atoms with Crippen molar-refractivity contribution in [3.05, 3.63) is 0 Å². The molecule has 27 heavy (non-hydrogen) atoms. The highest BCUT2D eigenvalue weighted by molar-refractivity contribution is 14.0. The summed E-state index contributed by atoms with van der Waals surface area (Å²) in [6, 6.07) is 0.587. The maximum absolute atomic E-state index is 5.58. The Kier molecular flexibility index (Phi) is 12.2. The van der Waals surface area contributed by atoms with Gasteiger partial charge in [-0.15, -0.1) is 24.0 Å². The molecule has 1 saturated carbocycles. The molecule has 1 heterocycles. The van der Waals surface area contributed by atoms with Crippen LogP contribution in [0.5, 0.6) is 0 Å². The Labute approximate surface area is 183 Å². The van der Waals surface area contributed by atoms with Gasteiger partial charge in [-0.1, -0.05) is 26.2 Å². The number of halogens is 1. The van der Waals surface area contributed by atoms with E-state index < -0.39 is 0 Å². The van der Waals surface area contributed by atoms with Crippen LogP contribution >= 0.6 is 24.0 Å². The van der Waals surface area contributed by atoms with Crippen LogP contribution in [0.25, 0.3) is 0 Å². The first-order valence-corrected chi connectivity index (χ1v) is 10.6. The molecule has 0 spiro atoms. The molecule has 2 aliphatic rings. The van der Waals surface area contributed by atoms with Crippen molar-refractivity contribution >= 4 is 29.9 Å². The number of aliphatic imine (C=N–C) groups is 1. The lowest BCUT2D eigenvalue weighted by Crippen LogP contribution is -2.60. The molecule has 1 aliphatic carbocycles. The van der Waals surface area contributed by atoms with Gasteiger partial charge in [-0.25, -0.2) is 0 Å². The lowest BCUT2D eigenvalue weighted by atomic mass is 9.80. The van der Waals surface area contributed by atoms with Crippen LogP contribution in [0, 0.1) is 0 Å². The normalized spacial score (nSPS) is 21.2. The summed E-state index contributed by atoms with van der Waals surface area (Å²) in [4.78, 5) is 9.59. The van der Waals surface area contributed by atoms with Crippen molar-refractivity contribution in [1.82, 2.24) is 20.4 Å². The lowest BCUT2D eigenvalue weighted by Gasteiger charge is -2.48. The second-order valence-corrected chi connectivity index (χ2v) is 7.96. The van der Waals surface area contributed by atoms with Gasteiger partial charge in [-0.2, -0.15) is 0 Å². The van der Waals surface area contributed by atoms with Crippen molar-refractivity contribution in [3.8, 4) is 0 Å². The molecule has 0 amide bonds.